The summed E-state index contributed by atoms with van der Waals surface area (Å²) in [4.78, 5) is 52.3. The zero-order chi connectivity index (χ0) is 24.1. The molecule has 2 fully saturated rings. The molecule has 2 aromatic rings. The molecule has 0 radical (unpaired) electrons. The first kappa shape index (κ1) is 23.5. The predicted octanol–water partition coefficient (Wildman–Crippen LogP) is 1.29. The van der Waals surface area contributed by atoms with Crippen molar-refractivity contribution < 1.29 is 27.5 Å². The summed E-state index contributed by atoms with van der Waals surface area (Å²) in [5, 5.41) is 2.62. The summed E-state index contributed by atoms with van der Waals surface area (Å²) in [6, 6.07) is -0.452. The maximum Gasteiger partial charge on any atom is 0.390 e. The number of nitrogens with one attached hydrogen (secondary N) is 1. The van der Waals surface area contributed by atoms with Crippen LogP contribution >= 0.6 is 11.3 Å². The van der Waals surface area contributed by atoms with Gasteiger partial charge in [-0.3, -0.25) is 23.5 Å². The average molecular weight is 488 g/mol. The number of thiophene rings is 1. The maximum absolute atomic E-state index is 13.3. The number of piperazine rings is 1. The number of amides is 2. The van der Waals surface area contributed by atoms with Crippen LogP contribution in [0.1, 0.15) is 35.7 Å². The van der Waals surface area contributed by atoms with Crippen molar-refractivity contribution in [1.82, 2.24) is 19.4 Å². The second kappa shape index (κ2) is 8.60. The van der Waals surface area contributed by atoms with Gasteiger partial charge in [0.2, 0.25) is 0 Å². The predicted molar refractivity (Wildman–Crippen MR) is 113 cm³/mol. The molecule has 0 bridgehead atoms. The molecule has 1 N–H and O–H groups in total. The number of nitrogens with zero attached hydrogens (tertiary/aromatic N) is 3. The van der Waals surface area contributed by atoms with E-state index in [-0.39, 0.29) is 36.0 Å². The highest BCUT2D eigenvalue weighted by Crippen LogP contribution is 2.34. The highest BCUT2D eigenvalue weighted by atomic mass is 32.1. The highest BCUT2D eigenvalue weighted by molar-refractivity contribution is 7.18. The molecule has 0 spiro atoms. The van der Waals surface area contributed by atoms with Crippen LogP contribution in [0.3, 0.4) is 0 Å². The van der Waals surface area contributed by atoms with Crippen LogP contribution in [0, 0.1) is 6.92 Å². The molecule has 2 aliphatic rings. The molecule has 1 saturated carbocycles. The van der Waals surface area contributed by atoms with Gasteiger partial charge in [0.05, 0.1) is 24.5 Å². The number of carbonyl (C=O) groups is 2. The molecule has 3 heterocycles. The molecule has 0 unspecified atom stereocenters. The summed E-state index contributed by atoms with van der Waals surface area (Å²) < 4.78 is 46.2. The second-order valence-corrected chi connectivity index (χ2v) is 9.35. The van der Waals surface area contributed by atoms with Gasteiger partial charge in [-0.1, -0.05) is 0 Å². The van der Waals surface area contributed by atoms with Crippen LogP contribution in [-0.4, -0.2) is 58.3 Å². The minimum absolute atomic E-state index is 0.0273. The normalized spacial score (nSPS) is 21.4. The number of hydrogen-bond donors (Lipinski definition) is 1. The van der Waals surface area contributed by atoms with E-state index in [9.17, 15) is 32.3 Å². The lowest BCUT2D eigenvalue weighted by Crippen LogP contribution is -2.51. The third-order valence-corrected chi connectivity index (χ3v) is 7.51. The van der Waals surface area contributed by atoms with Gasteiger partial charge in [0.15, 0.2) is 0 Å². The van der Waals surface area contributed by atoms with E-state index in [1.807, 2.05) is 0 Å². The molecule has 0 atom stereocenters. The molecule has 13 heteroatoms. The van der Waals surface area contributed by atoms with Crippen molar-refractivity contribution in [2.24, 2.45) is 0 Å². The Kier molecular flexibility index (Phi) is 6.12. The van der Waals surface area contributed by atoms with E-state index in [2.05, 4.69) is 5.32 Å². The largest absolute Gasteiger partial charge is 0.390 e. The summed E-state index contributed by atoms with van der Waals surface area (Å²) in [6.45, 7) is 1.60. The summed E-state index contributed by atoms with van der Waals surface area (Å²) in [5.41, 5.74) is -0.839. The van der Waals surface area contributed by atoms with E-state index in [0.717, 1.165) is 20.5 Å². The van der Waals surface area contributed by atoms with Gasteiger partial charge in [-0.2, -0.15) is 13.2 Å². The highest BCUT2D eigenvalue weighted by Gasteiger charge is 2.35. The summed E-state index contributed by atoms with van der Waals surface area (Å²) in [7, 11) is 1.52. The Hall–Kier alpha value is -2.67. The number of alkyl halides is 3. The Balaban J connectivity index is 1.82. The summed E-state index contributed by atoms with van der Waals surface area (Å²) in [6.07, 6.45) is -4.97. The molecule has 9 nitrogen and oxygen atoms in total. The van der Waals surface area contributed by atoms with E-state index in [4.69, 9.17) is 4.74 Å². The van der Waals surface area contributed by atoms with Gasteiger partial charge in [-0.25, -0.2) is 4.79 Å². The lowest BCUT2D eigenvalue weighted by Gasteiger charge is -2.35. The first-order chi connectivity index (χ1) is 15.5. The topological polar surface area (TPSA) is 103 Å². The fraction of sp³-hybridized carbons (Fsp3) is 0.600. The smallest absolute Gasteiger partial charge is 0.381 e. The number of aryl methyl sites for hydroxylation is 2. The zero-order valence-electron chi connectivity index (χ0n) is 18.0. The van der Waals surface area contributed by atoms with Gasteiger partial charge >= 0.3 is 23.7 Å². The van der Waals surface area contributed by atoms with E-state index in [1.54, 1.807) is 6.92 Å². The number of methoxy groups -OCH3 is 1. The Bertz CT molecular complexity index is 1230. The van der Waals surface area contributed by atoms with Crippen molar-refractivity contribution in [2.75, 3.05) is 20.2 Å². The van der Waals surface area contributed by atoms with Crippen LogP contribution in [0.2, 0.25) is 0 Å². The van der Waals surface area contributed by atoms with Crippen LogP contribution in [0.5, 0.6) is 0 Å². The first-order valence-electron chi connectivity index (χ1n) is 10.5. The van der Waals surface area contributed by atoms with Crippen LogP contribution in [0.15, 0.2) is 9.59 Å². The molecule has 1 aliphatic carbocycles. The van der Waals surface area contributed by atoms with Crippen molar-refractivity contribution in [3.8, 4) is 0 Å². The third kappa shape index (κ3) is 4.31. The molecule has 2 amide bonds. The Labute approximate surface area is 189 Å². The second-order valence-electron chi connectivity index (χ2n) is 8.27. The van der Waals surface area contributed by atoms with E-state index in [1.165, 1.54) is 12.0 Å². The van der Waals surface area contributed by atoms with E-state index >= 15 is 0 Å². The van der Waals surface area contributed by atoms with Gasteiger partial charge in [-0.15, -0.1) is 11.3 Å². The number of fused-ring (bicyclic) bond motifs is 1. The third-order valence-electron chi connectivity index (χ3n) is 6.21. The quantitative estimate of drug-likeness (QED) is 0.618. The first-order valence-corrected chi connectivity index (χ1v) is 11.3. The number of halogens is 3. The molecule has 1 saturated heterocycles. The molecule has 33 heavy (non-hydrogen) atoms. The van der Waals surface area contributed by atoms with Gasteiger partial charge in [0.25, 0.3) is 5.56 Å². The van der Waals surface area contributed by atoms with Crippen LogP contribution < -0.4 is 16.6 Å². The number of carbonyl (C=O) groups excluding carboxylic acids is 2. The fourth-order valence-electron chi connectivity index (χ4n) is 4.21. The van der Waals surface area contributed by atoms with Gasteiger partial charge in [-0.05, 0) is 25.3 Å². The Morgan fingerprint density at radius 2 is 1.88 bits per heavy atom. The van der Waals surface area contributed by atoms with Crippen LogP contribution in [0.25, 0.3) is 10.2 Å². The molecular weight excluding hydrogens is 465 g/mol. The van der Waals surface area contributed by atoms with Crippen molar-refractivity contribution in [3.05, 3.63) is 31.3 Å². The van der Waals surface area contributed by atoms with Gasteiger partial charge < -0.3 is 15.0 Å². The molecule has 0 aromatic carbocycles. The van der Waals surface area contributed by atoms with Gasteiger partial charge in [0.1, 0.15) is 4.83 Å². The maximum atomic E-state index is 13.3. The van der Waals surface area contributed by atoms with Crippen molar-refractivity contribution >= 4 is 33.4 Å². The number of rotatable bonds is 6. The summed E-state index contributed by atoms with van der Waals surface area (Å²) in [5.74, 6) is -1.45. The van der Waals surface area contributed by atoms with Gasteiger partial charge in [0, 0.05) is 37.7 Å². The molecule has 1 aliphatic heterocycles. The Morgan fingerprint density at radius 1 is 1.18 bits per heavy atom. The molecule has 4 rings (SSSR count). The van der Waals surface area contributed by atoms with Crippen molar-refractivity contribution in [2.45, 2.75) is 57.6 Å². The number of hydrogen-bond acceptors (Lipinski definition) is 6. The SMILES string of the molecule is CO[C@H]1C[C@H](n2c(=O)c3c(C)c(CN4CCNC(=O)C4=O)sc3n(CCC(F)(F)F)c2=O)C1. The minimum atomic E-state index is -4.48. The average Bonchev–Trinajstić information content (AvgIpc) is 3.02. The van der Waals surface area contributed by atoms with E-state index < -0.39 is 48.2 Å². The summed E-state index contributed by atoms with van der Waals surface area (Å²) >= 11 is 1.01. The molecule has 180 valence electrons. The van der Waals surface area contributed by atoms with Crippen LogP contribution in [-0.2, 0) is 27.4 Å². The zero-order valence-corrected chi connectivity index (χ0v) is 18.8. The Morgan fingerprint density at radius 3 is 2.52 bits per heavy atom. The number of ether oxygens (including phenoxy) is 1. The lowest BCUT2D eigenvalue weighted by atomic mass is 9.89. The minimum Gasteiger partial charge on any atom is -0.381 e. The lowest BCUT2D eigenvalue weighted by molar-refractivity contribution is -0.148. The fourth-order valence-corrected chi connectivity index (χ4v) is 5.54. The number of aromatic nitrogens is 2. The standard InChI is InChI=1S/C20H23F3N4O5S/c1-10-13(9-25-6-4-24-15(28)17(25)30)33-18-14(10)16(29)27(11-7-12(8-11)32-2)19(31)26(18)5-3-20(21,22)23/h11-12H,3-9H2,1-2H3,(H,24,28)/t11-,12-. The molecule has 2 aromatic heterocycles. The molecular formula is C20H23F3N4O5S. The van der Waals surface area contributed by atoms with Crippen LogP contribution in [0.4, 0.5) is 13.2 Å². The van der Waals surface area contributed by atoms with E-state index in [0.29, 0.717) is 23.3 Å². The van der Waals surface area contributed by atoms with Crippen molar-refractivity contribution in [1.29, 1.82) is 0 Å². The van der Waals surface area contributed by atoms with Crippen molar-refractivity contribution in [3.63, 3.8) is 0 Å². The monoisotopic (exact) mass is 488 g/mol.